The Kier molecular flexibility index (Phi) is 6.85. The zero-order valence-electron chi connectivity index (χ0n) is 15.2. The number of amides is 1. The number of hydrogen-bond acceptors (Lipinski definition) is 3. The number of benzene rings is 2. The van der Waals surface area contributed by atoms with E-state index in [1.807, 2.05) is 63.1 Å². The molecule has 5 heteroatoms. The molecule has 0 aromatic heterocycles. The van der Waals surface area contributed by atoms with Crippen LogP contribution in [0.4, 0.5) is 5.69 Å². The number of hydrogen-bond donors (Lipinski definition) is 1. The summed E-state index contributed by atoms with van der Waals surface area (Å²) in [4.78, 5) is 14.4. The highest BCUT2D eigenvalue weighted by atomic mass is 35.5. The van der Waals surface area contributed by atoms with Gasteiger partial charge in [-0.15, -0.1) is 0 Å². The molecule has 1 amide bonds. The summed E-state index contributed by atoms with van der Waals surface area (Å²) >= 11 is 5.85. The SMILES string of the molecule is Cc1ccc(C)c(NC(=O)[C@H](C)N(C)CCOc2ccc(Cl)cc2)c1. The number of ether oxygens (including phenoxy) is 1. The number of aryl methyl sites for hydroxylation is 2. The van der Waals surface area contributed by atoms with Crippen LogP contribution in [0.5, 0.6) is 5.75 Å². The van der Waals surface area contributed by atoms with Crippen LogP contribution in [0.15, 0.2) is 42.5 Å². The molecule has 4 nitrogen and oxygen atoms in total. The zero-order chi connectivity index (χ0) is 18.4. The highest BCUT2D eigenvalue weighted by Gasteiger charge is 2.18. The smallest absolute Gasteiger partial charge is 0.241 e. The number of rotatable bonds is 7. The molecule has 1 atom stereocenters. The maximum absolute atomic E-state index is 12.5. The van der Waals surface area contributed by atoms with Crippen molar-refractivity contribution >= 4 is 23.2 Å². The topological polar surface area (TPSA) is 41.6 Å². The Morgan fingerprint density at radius 3 is 2.56 bits per heavy atom. The van der Waals surface area contributed by atoms with Gasteiger partial charge in [-0.25, -0.2) is 0 Å². The van der Waals surface area contributed by atoms with Crippen molar-refractivity contribution in [3.63, 3.8) is 0 Å². The maximum atomic E-state index is 12.5. The molecule has 0 saturated heterocycles. The Balaban J connectivity index is 1.84. The predicted octanol–water partition coefficient (Wildman–Crippen LogP) is 4.29. The van der Waals surface area contributed by atoms with Gasteiger partial charge in [-0.3, -0.25) is 9.69 Å². The summed E-state index contributed by atoms with van der Waals surface area (Å²) in [5, 5.41) is 3.69. The molecule has 2 aromatic carbocycles. The lowest BCUT2D eigenvalue weighted by molar-refractivity contribution is -0.120. The van der Waals surface area contributed by atoms with Crippen molar-refractivity contribution < 1.29 is 9.53 Å². The van der Waals surface area contributed by atoms with Gasteiger partial charge in [0.05, 0.1) is 6.04 Å². The second-order valence-electron chi connectivity index (χ2n) is 6.27. The summed E-state index contributed by atoms with van der Waals surface area (Å²) in [7, 11) is 1.92. The summed E-state index contributed by atoms with van der Waals surface area (Å²) in [6.07, 6.45) is 0. The first-order chi connectivity index (χ1) is 11.9. The third-order valence-corrected chi connectivity index (χ3v) is 4.47. The van der Waals surface area contributed by atoms with Gasteiger partial charge < -0.3 is 10.1 Å². The number of anilines is 1. The molecule has 2 rings (SSSR count). The third-order valence-electron chi connectivity index (χ3n) is 4.22. The van der Waals surface area contributed by atoms with Crippen molar-refractivity contribution in [3.05, 3.63) is 58.6 Å². The Bertz CT molecular complexity index is 716. The quantitative estimate of drug-likeness (QED) is 0.800. The van der Waals surface area contributed by atoms with Crippen molar-refractivity contribution in [2.75, 3.05) is 25.5 Å². The molecule has 134 valence electrons. The summed E-state index contributed by atoms with van der Waals surface area (Å²) in [6.45, 7) is 7.04. The number of likely N-dealkylation sites (N-methyl/N-ethyl adjacent to an activating group) is 1. The van der Waals surface area contributed by atoms with Gasteiger partial charge in [-0.1, -0.05) is 23.7 Å². The lowest BCUT2D eigenvalue weighted by atomic mass is 10.1. The van der Waals surface area contributed by atoms with Crippen molar-refractivity contribution in [3.8, 4) is 5.75 Å². The van der Waals surface area contributed by atoms with Crippen molar-refractivity contribution in [1.29, 1.82) is 0 Å². The van der Waals surface area contributed by atoms with Crippen LogP contribution in [-0.4, -0.2) is 37.0 Å². The average Bonchev–Trinajstić information content (AvgIpc) is 2.59. The lowest BCUT2D eigenvalue weighted by Crippen LogP contribution is -2.41. The number of carbonyl (C=O) groups is 1. The van der Waals surface area contributed by atoms with Crippen LogP contribution >= 0.6 is 11.6 Å². The maximum Gasteiger partial charge on any atom is 0.241 e. The molecule has 0 radical (unpaired) electrons. The van der Waals surface area contributed by atoms with Crippen LogP contribution < -0.4 is 10.1 Å². The number of nitrogens with zero attached hydrogens (tertiary/aromatic N) is 1. The van der Waals surface area contributed by atoms with E-state index in [4.69, 9.17) is 16.3 Å². The zero-order valence-corrected chi connectivity index (χ0v) is 15.9. The van der Waals surface area contributed by atoms with Gasteiger partial charge in [0.2, 0.25) is 5.91 Å². The van der Waals surface area contributed by atoms with Gasteiger partial charge in [0.25, 0.3) is 0 Å². The molecule has 0 bridgehead atoms. The summed E-state index contributed by atoms with van der Waals surface area (Å²) in [6, 6.07) is 13.0. The Labute approximate surface area is 154 Å². The Morgan fingerprint density at radius 1 is 1.20 bits per heavy atom. The van der Waals surface area contributed by atoms with Crippen LogP contribution in [0.3, 0.4) is 0 Å². The van der Waals surface area contributed by atoms with E-state index in [0.29, 0.717) is 18.2 Å². The van der Waals surface area contributed by atoms with Gasteiger partial charge in [-0.2, -0.15) is 0 Å². The van der Waals surface area contributed by atoms with Crippen molar-refractivity contribution in [1.82, 2.24) is 4.90 Å². The standard InChI is InChI=1S/C20H25ClN2O2/c1-14-5-6-15(2)19(13-14)22-20(24)16(3)23(4)11-12-25-18-9-7-17(21)8-10-18/h5-10,13,16H,11-12H2,1-4H3,(H,22,24)/t16-/m0/s1. The van der Waals surface area contributed by atoms with E-state index in [1.54, 1.807) is 12.1 Å². The minimum atomic E-state index is -0.256. The van der Waals surface area contributed by atoms with Gasteiger partial charge >= 0.3 is 0 Å². The van der Waals surface area contributed by atoms with Crippen molar-refractivity contribution in [2.45, 2.75) is 26.8 Å². The van der Waals surface area contributed by atoms with Crippen LogP contribution in [0.25, 0.3) is 0 Å². The van der Waals surface area contributed by atoms with Gasteiger partial charge in [0.15, 0.2) is 0 Å². The van der Waals surface area contributed by atoms with E-state index in [0.717, 1.165) is 22.6 Å². The fourth-order valence-electron chi connectivity index (χ4n) is 2.34. The molecule has 0 aliphatic heterocycles. The van der Waals surface area contributed by atoms with Crippen LogP contribution in [-0.2, 0) is 4.79 Å². The molecule has 0 heterocycles. The largest absolute Gasteiger partial charge is 0.492 e. The van der Waals surface area contributed by atoms with E-state index in [2.05, 4.69) is 5.32 Å². The van der Waals surface area contributed by atoms with Crippen LogP contribution in [0, 0.1) is 13.8 Å². The minimum absolute atomic E-state index is 0.0253. The normalized spacial score (nSPS) is 12.1. The molecule has 0 aliphatic rings. The van der Waals surface area contributed by atoms with Crippen LogP contribution in [0.2, 0.25) is 5.02 Å². The average molecular weight is 361 g/mol. The highest BCUT2D eigenvalue weighted by Crippen LogP contribution is 2.17. The number of nitrogens with one attached hydrogen (secondary N) is 1. The lowest BCUT2D eigenvalue weighted by Gasteiger charge is -2.24. The first kappa shape index (κ1) is 19.3. The summed E-state index contributed by atoms with van der Waals surface area (Å²) < 4.78 is 5.68. The Morgan fingerprint density at radius 2 is 1.88 bits per heavy atom. The van der Waals surface area contributed by atoms with Gasteiger partial charge in [-0.05, 0) is 69.3 Å². The molecule has 0 fully saturated rings. The molecule has 0 spiro atoms. The van der Waals surface area contributed by atoms with E-state index in [9.17, 15) is 4.79 Å². The number of carbonyl (C=O) groups excluding carboxylic acids is 1. The van der Waals surface area contributed by atoms with Gasteiger partial charge in [0.1, 0.15) is 12.4 Å². The highest BCUT2D eigenvalue weighted by molar-refractivity contribution is 6.30. The molecule has 0 saturated carbocycles. The van der Waals surface area contributed by atoms with E-state index >= 15 is 0 Å². The molecule has 0 aliphatic carbocycles. The van der Waals surface area contributed by atoms with Gasteiger partial charge in [0, 0.05) is 17.3 Å². The molecule has 25 heavy (non-hydrogen) atoms. The molecule has 1 N–H and O–H groups in total. The van der Waals surface area contributed by atoms with E-state index < -0.39 is 0 Å². The van der Waals surface area contributed by atoms with Crippen LogP contribution in [0.1, 0.15) is 18.1 Å². The van der Waals surface area contributed by atoms with E-state index in [-0.39, 0.29) is 11.9 Å². The number of halogens is 1. The fraction of sp³-hybridized carbons (Fsp3) is 0.350. The molecular weight excluding hydrogens is 336 g/mol. The molecule has 2 aromatic rings. The first-order valence-electron chi connectivity index (χ1n) is 8.33. The summed E-state index contributed by atoms with van der Waals surface area (Å²) in [5.41, 5.74) is 3.04. The second-order valence-corrected chi connectivity index (χ2v) is 6.70. The minimum Gasteiger partial charge on any atom is -0.492 e. The third kappa shape index (κ3) is 5.76. The Hall–Kier alpha value is -2.04. The first-order valence-corrected chi connectivity index (χ1v) is 8.71. The molecule has 0 unspecified atom stereocenters. The molecular formula is C20H25ClN2O2. The summed E-state index contributed by atoms with van der Waals surface area (Å²) in [5.74, 6) is 0.744. The van der Waals surface area contributed by atoms with E-state index in [1.165, 1.54) is 0 Å². The van der Waals surface area contributed by atoms with Crippen molar-refractivity contribution in [2.24, 2.45) is 0 Å². The monoisotopic (exact) mass is 360 g/mol. The second kappa shape index (κ2) is 8.88. The fourth-order valence-corrected chi connectivity index (χ4v) is 2.47. The predicted molar refractivity (Wildman–Crippen MR) is 104 cm³/mol.